The Bertz CT molecular complexity index is 1560. The van der Waals surface area contributed by atoms with Crippen LogP contribution in [0.25, 0.3) is 16.9 Å². The smallest absolute Gasteiger partial charge is 0.433 e. The van der Waals surface area contributed by atoms with E-state index < -0.39 is 42.1 Å². The minimum Gasteiger partial charge on any atom is -0.497 e. The van der Waals surface area contributed by atoms with Crippen LogP contribution in [0.1, 0.15) is 33.2 Å². The van der Waals surface area contributed by atoms with Gasteiger partial charge in [0.05, 0.1) is 31.6 Å². The second-order valence-corrected chi connectivity index (χ2v) is 9.68. The van der Waals surface area contributed by atoms with Crippen molar-refractivity contribution in [2.45, 2.75) is 19.1 Å². The number of fused-ring (bicyclic) bond motifs is 1. The highest BCUT2D eigenvalue weighted by atomic mass is 19.4. The molecule has 41 heavy (non-hydrogen) atoms. The summed E-state index contributed by atoms with van der Waals surface area (Å²) in [4.78, 5) is 21.2. The fraction of sp³-hybridized carbons (Fsp3) is 0.321. The van der Waals surface area contributed by atoms with Crippen molar-refractivity contribution in [3.8, 4) is 17.0 Å². The molecule has 13 heteroatoms. The number of hydrogen-bond acceptors (Lipinski definition) is 6. The maximum absolute atomic E-state index is 14.2. The van der Waals surface area contributed by atoms with Crippen molar-refractivity contribution >= 4 is 11.6 Å². The molecule has 1 N–H and O–H groups in total. The van der Waals surface area contributed by atoms with Crippen molar-refractivity contribution in [3.63, 3.8) is 0 Å². The molecule has 1 aliphatic heterocycles. The maximum atomic E-state index is 14.2. The van der Waals surface area contributed by atoms with Gasteiger partial charge in [0.25, 0.3) is 5.91 Å². The molecule has 0 bridgehead atoms. The number of carbonyl (C=O) groups excluding carboxylic acids is 1. The summed E-state index contributed by atoms with van der Waals surface area (Å²) in [5.74, 6) is -1.57. The number of hydrogen-bond donors (Lipinski definition) is 1. The quantitative estimate of drug-likeness (QED) is 0.341. The van der Waals surface area contributed by atoms with Crippen LogP contribution in [0.2, 0.25) is 0 Å². The fourth-order valence-electron chi connectivity index (χ4n) is 5.19. The van der Waals surface area contributed by atoms with Crippen LogP contribution < -0.4 is 4.74 Å². The van der Waals surface area contributed by atoms with E-state index in [0.29, 0.717) is 15.8 Å². The largest absolute Gasteiger partial charge is 0.497 e. The Hall–Kier alpha value is -4.10. The zero-order valence-electron chi connectivity index (χ0n) is 22.1. The lowest BCUT2D eigenvalue weighted by Gasteiger charge is -2.38. The van der Waals surface area contributed by atoms with E-state index in [9.17, 15) is 31.9 Å². The van der Waals surface area contributed by atoms with Crippen LogP contribution in [0, 0.1) is 18.6 Å². The Morgan fingerprint density at radius 3 is 2.24 bits per heavy atom. The monoisotopic (exact) mass is 575 g/mol. The molecule has 1 amide bonds. The van der Waals surface area contributed by atoms with Gasteiger partial charge in [-0.15, -0.1) is 0 Å². The summed E-state index contributed by atoms with van der Waals surface area (Å²) in [5, 5.41) is 13.8. The van der Waals surface area contributed by atoms with Gasteiger partial charge in [0.2, 0.25) is 0 Å². The van der Waals surface area contributed by atoms with E-state index in [2.05, 4.69) is 10.1 Å². The number of aliphatic hydroxyl groups excluding tert-OH is 1. The molecule has 0 saturated carbocycles. The van der Waals surface area contributed by atoms with Gasteiger partial charge in [-0.25, -0.2) is 18.3 Å². The van der Waals surface area contributed by atoms with E-state index in [-0.39, 0.29) is 54.2 Å². The predicted molar refractivity (Wildman–Crippen MR) is 138 cm³/mol. The maximum Gasteiger partial charge on any atom is 0.433 e. The first kappa shape index (κ1) is 28.4. The first-order chi connectivity index (χ1) is 19.5. The van der Waals surface area contributed by atoms with Crippen LogP contribution >= 0.6 is 0 Å². The molecule has 1 fully saturated rings. The number of nitrogens with zero attached hydrogens (tertiary/aromatic N) is 5. The number of aromatic nitrogens is 3. The van der Waals surface area contributed by atoms with Crippen molar-refractivity contribution < 1.29 is 36.6 Å². The Kier molecular flexibility index (Phi) is 7.66. The molecule has 0 radical (unpaired) electrons. The molecule has 0 spiro atoms. The van der Waals surface area contributed by atoms with Gasteiger partial charge in [0, 0.05) is 43.4 Å². The number of alkyl halides is 3. The third-order valence-corrected chi connectivity index (χ3v) is 7.23. The van der Waals surface area contributed by atoms with E-state index in [0.717, 1.165) is 24.4 Å². The number of amides is 1. The molecular formula is C28H26F5N5O3. The molecule has 3 heterocycles. The average molecular weight is 576 g/mol. The van der Waals surface area contributed by atoms with Crippen molar-refractivity contribution in [2.24, 2.45) is 0 Å². The SMILES string of the molecule is COc1ccc(-c2nc3c(C(=O)N4CCN([C@@H](CO)c5cc(F)cc(F)c5)CC4)cnn3c(C(F)(F)F)c2C)cc1. The Balaban J connectivity index is 1.45. The number of rotatable bonds is 6. The van der Waals surface area contributed by atoms with Gasteiger partial charge in [0.15, 0.2) is 11.3 Å². The molecule has 4 aromatic rings. The fourth-order valence-corrected chi connectivity index (χ4v) is 5.19. The molecule has 0 aliphatic carbocycles. The third-order valence-electron chi connectivity index (χ3n) is 7.23. The highest BCUT2D eigenvalue weighted by Gasteiger charge is 2.39. The van der Waals surface area contributed by atoms with Gasteiger partial charge in [-0.1, -0.05) is 0 Å². The number of halogens is 5. The van der Waals surface area contributed by atoms with Gasteiger partial charge in [0.1, 0.15) is 22.9 Å². The molecule has 2 aromatic heterocycles. The van der Waals surface area contributed by atoms with Gasteiger partial charge in [-0.3, -0.25) is 9.69 Å². The molecule has 1 aliphatic rings. The summed E-state index contributed by atoms with van der Waals surface area (Å²) < 4.78 is 76.0. The highest BCUT2D eigenvalue weighted by Crippen LogP contribution is 2.37. The second-order valence-electron chi connectivity index (χ2n) is 9.68. The van der Waals surface area contributed by atoms with E-state index >= 15 is 0 Å². The average Bonchev–Trinajstić information content (AvgIpc) is 3.35. The lowest BCUT2D eigenvalue weighted by molar-refractivity contribution is -0.143. The topological polar surface area (TPSA) is 83.2 Å². The number of benzene rings is 2. The molecule has 1 saturated heterocycles. The lowest BCUT2D eigenvalue weighted by Crippen LogP contribution is -2.50. The van der Waals surface area contributed by atoms with E-state index in [4.69, 9.17) is 4.74 Å². The summed E-state index contributed by atoms with van der Waals surface area (Å²) >= 11 is 0. The van der Waals surface area contributed by atoms with Gasteiger partial charge >= 0.3 is 6.18 Å². The number of methoxy groups -OCH3 is 1. The summed E-state index contributed by atoms with van der Waals surface area (Å²) in [6.07, 6.45) is -3.70. The van der Waals surface area contributed by atoms with Crippen LogP contribution in [0.15, 0.2) is 48.7 Å². The number of carbonyl (C=O) groups is 1. The summed E-state index contributed by atoms with van der Waals surface area (Å²) in [5.41, 5.74) is -0.778. The molecule has 2 aromatic carbocycles. The minimum atomic E-state index is -4.78. The Morgan fingerprint density at radius 2 is 1.68 bits per heavy atom. The first-order valence-electron chi connectivity index (χ1n) is 12.7. The molecule has 1 atom stereocenters. The third kappa shape index (κ3) is 5.46. The van der Waals surface area contributed by atoms with Crippen molar-refractivity contribution in [2.75, 3.05) is 39.9 Å². The van der Waals surface area contributed by atoms with Crippen molar-refractivity contribution in [3.05, 3.63) is 82.7 Å². The van der Waals surface area contributed by atoms with Crippen molar-refractivity contribution in [1.29, 1.82) is 0 Å². The molecule has 216 valence electrons. The van der Waals surface area contributed by atoms with Crippen LogP contribution in [-0.4, -0.2) is 75.3 Å². The predicted octanol–water partition coefficient (Wildman–Crippen LogP) is 4.50. The van der Waals surface area contributed by atoms with Gasteiger partial charge in [-0.2, -0.15) is 18.3 Å². The van der Waals surface area contributed by atoms with Crippen LogP contribution in [0.3, 0.4) is 0 Å². The highest BCUT2D eigenvalue weighted by molar-refractivity contribution is 6.00. The van der Waals surface area contributed by atoms with E-state index in [1.165, 1.54) is 18.9 Å². The Morgan fingerprint density at radius 1 is 1.05 bits per heavy atom. The summed E-state index contributed by atoms with van der Waals surface area (Å²) in [7, 11) is 1.47. The first-order valence-corrected chi connectivity index (χ1v) is 12.7. The van der Waals surface area contributed by atoms with Crippen LogP contribution in [0.4, 0.5) is 22.0 Å². The number of ether oxygens (including phenoxy) is 1. The molecule has 0 unspecified atom stereocenters. The number of aliphatic hydroxyl groups is 1. The summed E-state index contributed by atoms with van der Waals surface area (Å²) in [6, 6.07) is 8.72. The van der Waals surface area contributed by atoms with E-state index in [1.54, 1.807) is 29.2 Å². The second kappa shape index (κ2) is 11.1. The number of piperazine rings is 1. The zero-order valence-corrected chi connectivity index (χ0v) is 22.1. The van der Waals surface area contributed by atoms with E-state index in [1.807, 2.05) is 0 Å². The molecule has 5 rings (SSSR count). The van der Waals surface area contributed by atoms with Crippen molar-refractivity contribution in [1.82, 2.24) is 24.4 Å². The normalized spacial score (nSPS) is 15.4. The van der Waals surface area contributed by atoms with Gasteiger partial charge < -0.3 is 14.7 Å². The summed E-state index contributed by atoms with van der Waals surface area (Å²) in [6.45, 7) is 1.74. The lowest BCUT2D eigenvalue weighted by atomic mass is 10.0. The van der Waals surface area contributed by atoms with Crippen LogP contribution in [0.5, 0.6) is 5.75 Å². The van der Waals surface area contributed by atoms with Crippen LogP contribution in [-0.2, 0) is 6.18 Å². The minimum absolute atomic E-state index is 0.0555. The molecule has 8 nitrogen and oxygen atoms in total. The zero-order chi connectivity index (χ0) is 29.5. The standard InChI is InChI=1S/C28H26F5N5O3/c1-16-24(17-3-5-21(41-2)6-4-17)35-26-22(14-34-38(26)25(16)28(31,32)33)27(40)37-9-7-36(8-10-37)23(15-39)18-11-19(29)13-20(30)12-18/h3-6,11-14,23,39H,7-10,15H2,1-2H3/t23-/m0/s1. The molecular weight excluding hydrogens is 549 g/mol. The Labute approximate surface area is 231 Å². The van der Waals surface area contributed by atoms with Gasteiger partial charge in [-0.05, 0) is 48.9 Å².